The molecule has 0 aromatic carbocycles. The van der Waals surface area contributed by atoms with Gasteiger partial charge < -0.3 is 5.73 Å². The van der Waals surface area contributed by atoms with Gasteiger partial charge in [-0.15, -0.1) is 11.8 Å². The average molecular weight is 187 g/mol. The Morgan fingerprint density at radius 2 is 2.00 bits per heavy atom. The lowest BCUT2D eigenvalue weighted by molar-refractivity contribution is 0.646. The summed E-state index contributed by atoms with van der Waals surface area (Å²) in [6.07, 6.45) is 6.67. The fraction of sp³-hybridized carbons (Fsp3) is 0.333. The summed E-state index contributed by atoms with van der Waals surface area (Å²) in [5, 5.41) is 0. The minimum absolute atomic E-state index is 0.172. The van der Waals surface area contributed by atoms with E-state index >= 15 is 0 Å². The van der Waals surface area contributed by atoms with Crippen molar-refractivity contribution in [1.29, 1.82) is 0 Å². The van der Waals surface area contributed by atoms with Crippen LogP contribution >= 0.6 is 11.8 Å². The molecule has 68 valence electrons. The van der Waals surface area contributed by atoms with E-state index in [0.29, 0.717) is 0 Å². The van der Waals surface area contributed by atoms with Crippen LogP contribution in [0.15, 0.2) is 34.7 Å². The molecule has 0 saturated heterocycles. The number of nitrogens with two attached hydrogens (primary N) is 1. The monoisotopic (exact) mass is 187 g/mol. The molecule has 0 fully saturated rings. The minimum Gasteiger partial charge on any atom is -0.396 e. The first kappa shape index (κ1) is 11.3. The van der Waals surface area contributed by atoms with E-state index in [1.165, 1.54) is 6.08 Å². The number of halogens is 1. The minimum atomic E-state index is -0.375. The predicted octanol–water partition coefficient (Wildman–Crippen LogP) is 2.97. The Morgan fingerprint density at radius 3 is 2.42 bits per heavy atom. The molecule has 0 heterocycles. The molecule has 0 aromatic rings. The number of rotatable bonds is 3. The zero-order valence-corrected chi connectivity index (χ0v) is 8.41. The summed E-state index contributed by atoms with van der Waals surface area (Å²) in [4.78, 5) is 1.10. The first-order valence-electron chi connectivity index (χ1n) is 3.62. The smallest absolute Gasteiger partial charge is 0.141 e. The molecule has 1 nitrogen and oxygen atoms in total. The first-order chi connectivity index (χ1) is 5.61. The van der Waals surface area contributed by atoms with Gasteiger partial charge in [-0.05, 0) is 37.2 Å². The van der Waals surface area contributed by atoms with Gasteiger partial charge in [0.25, 0.3) is 0 Å². The Kier molecular flexibility index (Phi) is 5.54. The average Bonchev–Trinajstić information content (AvgIpc) is 2.11. The molecule has 0 rings (SSSR count). The molecular weight excluding hydrogens is 173 g/mol. The maximum atomic E-state index is 12.7. The third kappa shape index (κ3) is 4.23. The van der Waals surface area contributed by atoms with Crippen molar-refractivity contribution in [3.8, 4) is 0 Å². The predicted molar refractivity (Wildman–Crippen MR) is 54.4 cm³/mol. The molecule has 0 atom stereocenters. The molecule has 0 aliphatic carbocycles. The molecule has 0 spiro atoms. The molecule has 0 saturated carbocycles. The highest BCUT2D eigenvalue weighted by molar-refractivity contribution is 8.02. The van der Waals surface area contributed by atoms with Gasteiger partial charge in [0.15, 0.2) is 0 Å². The van der Waals surface area contributed by atoms with Gasteiger partial charge >= 0.3 is 0 Å². The second kappa shape index (κ2) is 5.89. The van der Waals surface area contributed by atoms with Crippen LogP contribution < -0.4 is 5.73 Å². The Morgan fingerprint density at radius 1 is 1.42 bits per heavy atom. The van der Waals surface area contributed by atoms with Gasteiger partial charge in [-0.1, -0.05) is 6.08 Å². The largest absolute Gasteiger partial charge is 0.396 e. The Balaban J connectivity index is 4.38. The molecule has 0 aliphatic heterocycles. The van der Waals surface area contributed by atoms with E-state index in [1.807, 2.05) is 13.2 Å². The van der Waals surface area contributed by atoms with Gasteiger partial charge in [0.1, 0.15) is 5.83 Å². The normalized spacial score (nSPS) is 15.2. The van der Waals surface area contributed by atoms with Crippen LogP contribution in [0.2, 0.25) is 0 Å². The van der Waals surface area contributed by atoms with E-state index in [0.717, 1.165) is 4.91 Å². The second-order valence-electron chi connectivity index (χ2n) is 2.24. The van der Waals surface area contributed by atoms with Crippen molar-refractivity contribution in [3.63, 3.8) is 0 Å². The van der Waals surface area contributed by atoms with Crippen LogP contribution in [0.3, 0.4) is 0 Å². The van der Waals surface area contributed by atoms with E-state index in [-0.39, 0.29) is 11.5 Å². The van der Waals surface area contributed by atoms with Crippen molar-refractivity contribution in [2.45, 2.75) is 13.8 Å². The summed E-state index contributed by atoms with van der Waals surface area (Å²) >= 11 is 1.61. The standard InChI is InChI=1S/C9H14FNS/c1-4-8(10)9(11)6-5-7(2)12-3/h4-6H,11H2,1-3H3/b7-5+,8-4+,9-6+. The zero-order chi connectivity index (χ0) is 9.56. The molecule has 12 heavy (non-hydrogen) atoms. The molecule has 0 unspecified atom stereocenters. The van der Waals surface area contributed by atoms with E-state index in [9.17, 15) is 4.39 Å². The number of thioether (sulfide) groups is 1. The molecule has 0 radical (unpaired) electrons. The highest BCUT2D eigenvalue weighted by atomic mass is 32.2. The van der Waals surface area contributed by atoms with Gasteiger partial charge in [0, 0.05) is 0 Å². The summed E-state index contributed by atoms with van der Waals surface area (Å²) < 4.78 is 12.7. The van der Waals surface area contributed by atoms with Gasteiger partial charge in [-0.3, -0.25) is 0 Å². The van der Waals surface area contributed by atoms with Gasteiger partial charge in [0.2, 0.25) is 0 Å². The van der Waals surface area contributed by atoms with Crippen LogP contribution in [-0.2, 0) is 0 Å². The molecule has 0 bridgehead atoms. The van der Waals surface area contributed by atoms with Crippen LogP contribution in [0.4, 0.5) is 4.39 Å². The third-order valence-corrected chi connectivity index (χ3v) is 2.13. The van der Waals surface area contributed by atoms with Crippen molar-refractivity contribution in [3.05, 3.63) is 34.7 Å². The van der Waals surface area contributed by atoms with E-state index in [1.54, 1.807) is 30.8 Å². The summed E-state index contributed by atoms with van der Waals surface area (Å²) in [6, 6.07) is 0. The van der Waals surface area contributed by atoms with Crippen LogP contribution in [0.25, 0.3) is 0 Å². The van der Waals surface area contributed by atoms with Crippen molar-refractivity contribution in [1.82, 2.24) is 0 Å². The maximum Gasteiger partial charge on any atom is 0.141 e. The topological polar surface area (TPSA) is 26.0 Å². The Hall–Kier alpha value is -0.700. The molecule has 2 N–H and O–H groups in total. The number of allylic oxidation sites excluding steroid dienone is 5. The molecule has 0 amide bonds. The second-order valence-corrected chi connectivity index (χ2v) is 3.29. The summed E-state index contributed by atoms with van der Waals surface area (Å²) in [6.45, 7) is 3.56. The lowest BCUT2D eigenvalue weighted by Gasteiger charge is -1.95. The van der Waals surface area contributed by atoms with Crippen LogP contribution in [-0.4, -0.2) is 6.26 Å². The van der Waals surface area contributed by atoms with E-state index in [4.69, 9.17) is 5.73 Å². The Labute approximate surface area is 77.2 Å². The number of hydrogen-bond acceptors (Lipinski definition) is 2. The molecule has 0 aromatic heterocycles. The van der Waals surface area contributed by atoms with Gasteiger partial charge in [0.05, 0.1) is 5.70 Å². The lowest BCUT2D eigenvalue weighted by atomic mass is 10.3. The van der Waals surface area contributed by atoms with Crippen molar-refractivity contribution < 1.29 is 4.39 Å². The van der Waals surface area contributed by atoms with E-state index in [2.05, 4.69) is 0 Å². The first-order valence-corrected chi connectivity index (χ1v) is 4.84. The SMILES string of the molecule is C\C=C(F)/C(N)=C\C=C(/C)SC. The van der Waals surface area contributed by atoms with Crippen molar-refractivity contribution in [2.24, 2.45) is 5.73 Å². The van der Waals surface area contributed by atoms with Crippen LogP contribution in [0.1, 0.15) is 13.8 Å². The highest BCUT2D eigenvalue weighted by Gasteiger charge is 1.93. The fourth-order valence-electron chi connectivity index (χ4n) is 0.521. The fourth-order valence-corrected chi connectivity index (χ4v) is 0.726. The molecule has 0 aliphatic rings. The lowest BCUT2D eigenvalue weighted by Crippen LogP contribution is -1.96. The Bertz CT molecular complexity index is 229. The zero-order valence-electron chi connectivity index (χ0n) is 7.60. The molecule has 3 heteroatoms. The summed E-state index contributed by atoms with van der Waals surface area (Å²) in [5.41, 5.74) is 5.57. The van der Waals surface area contributed by atoms with Gasteiger partial charge in [-0.2, -0.15) is 0 Å². The third-order valence-electron chi connectivity index (χ3n) is 1.35. The van der Waals surface area contributed by atoms with Crippen molar-refractivity contribution in [2.75, 3.05) is 6.26 Å². The quantitative estimate of drug-likeness (QED) is 0.687. The molecular formula is C9H14FNS. The van der Waals surface area contributed by atoms with Gasteiger partial charge in [-0.25, -0.2) is 4.39 Å². The van der Waals surface area contributed by atoms with Crippen LogP contribution in [0.5, 0.6) is 0 Å². The maximum absolute atomic E-state index is 12.7. The summed E-state index contributed by atoms with van der Waals surface area (Å²) in [5.74, 6) is -0.375. The van der Waals surface area contributed by atoms with Crippen LogP contribution in [0, 0.1) is 0 Å². The van der Waals surface area contributed by atoms with Crippen molar-refractivity contribution >= 4 is 11.8 Å². The highest BCUT2D eigenvalue weighted by Crippen LogP contribution is 2.11. The summed E-state index contributed by atoms with van der Waals surface area (Å²) in [7, 11) is 0. The van der Waals surface area contributed by atoms with E-state index < -0.39 is 0 Å². The number of hydrogen-bond donors (Lipinski definition) is 1.